The molecule has 0 aliphatic carbocycles. The largest absolute Gasteiger partial charge is 0.497 e. The maximum absolute atomic E-state index is 12.8. The van der Waals surface area contributed by atoms with Crippen molar-refractivity contribution in [2.24, 2.45) is 0 Å². The van der Waals surface area contributed by atoms with Crippen LogP contribution >= 0.6 is 0 Å². The molecular weight excluding hydrogens is 184 g/mol. The van der Waals surface area contributed by atoms with Gasteiger partial charge in [0.15, 0.2) is 0 Å². The van der Waals surface area contributed by atoms with Crippen LogP contribution in [0.25, 0.3) is 0 Å². The van der Waals surface area contributed by atoms with E-state index in [0.29, 0.717) is 12.1 Å². The van der Waals surface area contributed by atoms with E-state index in [1.807, 2.05) is 0 Å². The summed E-state index contributed by atoms with van der Waals surface area (Å²) in [6, 6.07) is 0.946. The van der Waals surface area contributed by atoms with E-state index in [9.17, 15) is 13.2 Å². The number of halogens is 3. The molecule has 1 aromatic carbocycles. The molecule has 6 heteroatoms. The van der Waals surface area contributed by atoms with Crippen molar-refractivity contribution >= 4 is 12.6 Å². The molecule has 0 atom stereocenters. The molecule has 0 aliphatic heterocycles. The predicted molar refractivity (Wildman–Crippen MR) is 40.9 cm³/mol. The van der Waals surface area contributed by atoms with E-state index in [2.05, 4.69) is 4.65 Å². The highest BCUT2D eigenvalue weighted by Crippen LogP contribution is 2.05. The highest BCUT2D eigenvalue weighted by Gasteiger charge is 2.24. The maximum atomic E-state index is 12.8. The molecule has 1 aromatic rings. The third-order valence-electron chi connectivity index (χ3n) is 1.51. The number of hydrogen-bond acceptors (Lipinski definition) is 2. The number of hydrogen-bond donors (Lipinski definition) is 1. The monoisotopic (exact) mass is 190 g/mol. The Hall–Kier alpha value is -1.01. The molecule has 0 spiro atoms. The number of rotatable bonds is 2. The van der Waals surface area contributed by atoms with E-state index >= 15 is 0 Å². The maximum Gasteiger partial charge on any atom is 0.497 e. The molecule has 0 bridgehead atoms. The lowest BCUT2D eigenvalue weighted by molar-refractivity contribution is 0.338. The zero-order valence-corrected chi connectivity index (χ0v) is 6.72. The van der Waals surface area contributed by atoms with Crippen molar-refractivity contribution in [2.45, 2.75) is 0 Å². The van der Waals surface area contributed by atoms with Crippen molar-refractivity contribution in [1.82, 2.24) is 0 Å². The van der Waals surface area contributed by atoms with Crippen LogP contribution in [0.2, 0.25) is 0 Å². The van der Waals surface area contributed by atoms with Gasteiger partial charge in [0.1, 0.15) is 17.5 Å². The average Bonchev–Trinajstić information content (AvgIpc) is 2.02. The molecule has 1 N–H and O–H groups in total. The van der Waals surface area contributed by atoms with Crippen LogP contribution in [-0.2, 0) is 4.65 Å². The van der Waals surface area contributed by atoms with Gasteiger partial charge in [-0.05, 0) is 0 Å². The molecular formula is C7H6BF3O2. The standard InChI is InChI=1S/C7H6BF3O2/c1-13-8(12)7-5(10)2-4(9)3-6(7)11/h2-3,12H,1H3. The van der Waals surface area contributed by atoms with Gasteiger partial charge in [-0.15, -0.1) is 0 Å². The van der Waals surface area contributed by atoms with E-state index < -0.39 is 30.0 Å². The first-order valence-electron chi connectivity index (χ1n) is 3.41. The van der Waals surface area contributed by atoms with E-state index in [-0.39, 0.29) is 0 Å². The lowest BCUT2D eigenvalue weighted by atomic mass is 9.79. The van der Waals surface area contributed by atoms with Crippen LogP contribution in [0, 0.1) is 17.5 Å². The van der Waals surface area contributed by atoms with Crippen molar-refractivity contribution < 1.29 is 22.8 Å². The fraction of sp³-hybridized carbons (Fsp3) is 0.143. The molecule has 70 valence electrons. The topological polar surface area (TPSA) is 29.5 Å². The van der Waals surface area contributed by atoms with E-state index in [4.69, 9.17) is 5.02 Å². The van der Waals surface area contributed by atoms with Gasteiger partial charge in [0, 0.05) is 19.2 Å². The molecule has 2 nitrogen and oxygen atoms in total. The zero-order valence-electron chi connectivity index (χ0n) is 6.72. The molecule has 0 unspecified atom stereocenters. The normalized spacial score (nSPS) is 10.2. The van der Waals surface area contributed by atoms with Gasteiger partial charge in [-0.1, -0.05) is 0 Å². The van der Waals surface area contributed by atoms with Crippen LogP contribution in [-0.4, -0.2) is 19.3 Å². The predicted octanol–water partition coefficient (Wildman–Crippen LogP) is 0.438. The second-order valence-corrected chi connectivity index (χ2v) is 2.37. The quantitative estimate of drug-likeness (QED) is 0.685. The van der Waals surface area contributed by atoms with Gasteiger partial charge in [0.05, 0.1) is 5.46 Å². The Morgan fingerprint density at radius 3 is 2.08 bits per heavy atom. The van der Waals surface area contributed by atoms with Crippen molar-refractivity contribution in [3.8, 4) is 0 Å². The first kappa shape index (κ1) is 10.1. The van der Waals surface area contributed by atoms with Gasteiger partial charge in [0.2, 0.25) is 0 Å². The summed E-state index contributed by atoms with van der Waals surface area (Å²) in [6.07, 6.45) is 0. The minimum absolute atomic E-state index is 0.473. The first-order valence-corrected chi connectivity index (χ1v) is 3.41. The van der Waals surface area contributed by atoms with Gasteiger partial charge in [-0.2, -0.15) is 0 Å². The smallest absolute Gasteiger partial charge is 0.423 e. The Balaban J connectivity index is 3.20. The summed E-state index contributed by atoms with van der Waals surface area (Å²) in [4.78, 5) is 0. The summed E-state index contributed by atoms with van der Waals surface area (Å²) in [5.74, 6) is -3.39. The Labute approximate surface area is 73.1 Å². The molecule has 13 heavy (non-hydrogen) atoms. The molecule has 0 saturated carbocycles. The van der Waals surface area contributed by atoms with Crippen LogP contribution in [0.4, 0.5) is 13.2 Å². The second-order valence-electron chi connectivity index (χ2n) is 2.37. The van der Waals surface area contributed by atoms with Crippen LogP contribution in [0.15, 0.2) is 12.1 Å². The molecule has 0 heterocycles. The van der Waals surface area contributed by atoms with Crippen molar-refractivity contribution in [3.63, 3.8) is 0 Å². The molecule has 0 amide bonds. The summed E-state index contributed by atoms with van der Waals surface area (Å²) >= 11 is 0. The van der Waals surface area contributed by atoms with E-state index in [0.717, 1.165) is 7.11 Å². The summed E-state index contributed by atoms with van der Waals surface area (Å²) in [5.41, 5.74) is -0.691. The highest BCUT2D eigenvalue weighted by atomic mass is 19.1. The molecule has 0 radical (unpaired) electrons. The van der Waals surface area contributed by atoms with Crippen LogP contribution in [0.3, 0.4) is 0 Å². The van der Waals surface area contributed by atoms with Gasteiger partial charge in [0.25, 0.3) is 0 Å². The summed E-state index contributed by atoms with van der Waals surface area (Å²) < 4.78 is 42.3. The lowest BCUT2D eigenvalue weighted by Gasteiger charge is -2.06. The summed E-state index contributed by atoms with van der Waals surface area (Å²) in [6.45, 7) is 0. The fourth-order valence-corrected chi connectivity index (χ4v) is 0.907. The van der Waals surface area contributed by atoms with Gasteiger partial charge in [-0.3, -0.25) is 0 Å². The molecule has 0 aromatic heterocycles. The number of benzene rings is 1. The Morgan fingerprint density at radius 2 is 1.69 bits per heavy atom. The van der Waals surface area contributed by atoms with Crippen molar-refractivity contribution in [2.75, 3.05) is 7.11 Å². The Morgan fingerprint density at radius 1 is 1.23 bits per heavy atom. The molecule has 0 saturated heterocycles. The summed E-state index contributed by atoms with van der Waals surface area (Å²) in [7, 11) is -0.645. The molecule has 0 aliphatic rings. The Bertz CT molecular complexity index is 296. The molecule has 1 rings (SSSR count). The zero-order chi connectivity index (χ0) is 10.0. The SMILES string of the molecule is COB(O)c1c(F)cc(F)cc1F. The van der Waals surface area contributed by atoms with Crippen molar-refractivity contribution in [3.05, 3.63) is 29.6 Å². The average molecular weight is 190 g/mol. The third-order valence-corrected chi connectivity index (χ3v) is 1.51. The second kappa shape index (κ2) is 3.80. The Kier molecular flexibility index (Phi) is 2.95. The molecule has 0 fully saturated rings. The fourth-order valence-electron chi connectivity index (χ4n) is 0.907. The van der Waals surface area contributed by atoms with Gasteiger partial charge in [-0.25, -0.2) is 13.2 Å². The van der Waals surface area contributed by atoms with Crippen LogP contribution < -0.4 is 5.46 Å². The first-order chi connectivity index (χ1) is 6.06. The lowest BCUT2D eigenvalue weighted by Crippen LogP contribution is -2.37. The van der Waals surface area contributed by atoms with Gasteiger partial charge >= 0.3 is 7.12 Å². The highest BCUT2D eigenvalue weighted by molar-refractivity contribution is 6.60. The third kappa shape index (κ3) is 2.02. The minimum Gasteiger partial charge on any atom is -0.423 e. The van der Waals surface area contributed by atoms with Crippen LogP contribution in [0.1, 0.15) is 0 Å². The summed E-state index contributed by atoms with van der Waals surface area (Å²) in [5, 5.41) is 8.96. The minimum atomic E-state index is -1.72. The van der Waals surface area contributed by atoms with Crippen LogP contribution in [0.5, 0.6) is 0 Å². The van der Waals surface area contributed by atoms with E-state index in [1.165, 1.54) is 0 Å². The van der Waals surface area contributed by atoms with Crippen molar-refractivity contribution in [1.29, 1.82) is 0 Å². The van der Waals surface area contributed by atoms with E-state index in [1.54, 1.807) is 0 Å². The van der Waals surface area contributed by atoms with Gasteiger partial charge < -0.3 is 9.68 Å².